The molecule has 1 N–H and O–H groups in total. The van der Waals surface area contributed by atoms with Crippen LogP contribution in [0.5, 0.6) is 0 Å². The van der Waals surface area contributed by atoms with E-state index in [1.54, 1.807) is 25.3 Å². The Morgan fingerprint density at radius 3 is 2.82 bits per heavy atom. The van der Waals surface area contributed by atoms with E-state index < -0.39 is 15.3 Å². The van der Waals surface area contributed by atoms with Crippen LogP contribution in [0, 0.1) is 11.8 Å². The van der Waals surface area contributed by atoms with Crippen molar-refractivity contribution in [2.75, 3.05) is 20.2 Å². The smallest absolute Gasteiger partial charge is 0.223 e. The molecule has 1 aliphatic heterocycles. The molecule has 6 nitrogen and oxygen atoms in total. The summed E-state index contributed by atoms with van der Waals surface area (Å²) in [7, 11) is -1.83. The number of nitrogens with one attached hydrogen (secondary N) is 1. The van der Waals surface area contributed by atoms with Gasteiger partial charge in [0.25, 0.3) is 0 Å². The highest BCUT2D eigenvalue weighted by Gasteiger charge is 2.39. The summed E-state index contributed by atoms with van der Waals surface area (Å²) in [5, 5.41) is 3.01. The van der Waals surface area contributed by atoms with Gasteiger partial charge in [0.2, 0.25) is 15.9 Å². The van der Waals surface area contributed by atoms with Gasteiger partial charge in [0.15, 0.2) is 0 Å². The van der Waals surface area contributed by atoms with Gasteiger partial charge in [0, 0.05) is 43.1 Å². The first-order chi connectivity index (χ1) is 13.3. The topological polar surface area (TPSA) is 75.7 Å². The van der Waals surface area contributed by atoms with Crippen LogP contribution in [0.3, 0.4) is 0 Å². The molecule has 0 aromatic carbocycles. The Bertz CT molecular complexity index is 736. The minimum atomic E-state index is -3.52. The highest BCUT2D eigenvalue weighted by molar-refractivity contribution is 7.89. The molecule has 5 atom stereocenters. The largest absolute Gasteiger partial charge is 0.381 e. The Kier molecular flexibility index (Phi) is 7.23. The van der Waals surface area contributed by atoms with E-state index in [0.29, 0.717) is 18.1 Å². The molecule has 3 rings (SSSR count). The van der Waals surface area contributed by atoms with Gasteiger partial charge in [0.1, 0.15) is 5.25 Å². The number of carbonyl (C=O) groups excluding carboxylic acids is 1. The molecular weight excluding hydrogens is 400 g/mol. The van der Waals surface area contributed by atoms with E-state index in [4.69, 9.17) is 16.3 Å². The molecule has 4 unspecified atom stereocenters. The normalized spacial score (nSPS) is 34.7. The zero-order valence-electron chi connectivity index (χ0n) is 16.6. The van der Waals surface area contributed by atoms with Crippen molar-refractivity contribution in [1.29, 1.82) is 0 Å². The van der Waals surface area contributed by atoms with Crippen molar-refractivity contribution in [3.63, 3.8) is 0 Å². The average Bonchev–Trinajstić information content (AvgIpc) is 2.70. The first-order valence-electron chi connectivity index (χ1n) is 10.2. The molecule has 0 bridgehead atoms. The summed E-state index contributed by atoms with van der Waals surface area (Å²) in [5.74, 6) is -0.279. The number of hydrogen-bond donors (Lipinski definition) is 1. The highest BCUT2D eigenvalue weighted by Crippen LogP contribution is 2.31. The van der Waals surface area contributed by atoms with Crippen molar-refractivity contribution in [3.05, 3.63) is 23.3 Å². The van der Waals surface area contributed by atoms with Crippen LogP contribution in [0.25, 0.3) is 0 Å². The predicted octanol–water partition coefficient (Wildman–Crippen LogP) is 2.80. The predicted molar refractivity (Wildman–Crippen MR) is 110 cm³/mol. The lowest BCUT2D eigenvalue weighted by Gasteiger charge is -2.37. The number of amides is 1. The number of allylic oxidation sites excluding steroid dienone is 3. The minimum Gasteiger partial charge on any atom is -0.381 e. The molecule has 28 heavy (non-hydrogen) atoms. The quantitative estimate of drug-likeness (QED) is 0.727. The zero-order chi connectivity index (χ0) is 20.3. The monoisotopic (exact) mass is 430 g/mol. The van der Waals surface area contributed by atoms with Gasteiger partial charge < -0.3 is 10.1 Å². The second kappa shape index (κ2) is 9.28. The number of hydrogen-bond acceptors (Lipinski definition) is 4. The van der Waals surface area contributed by atoms with Gasteiger partial charge in [0.05, 0.1) is 6.10 Å². The van der Waals surface area contributed by atoms with E-state index >= 15 is 0 Å². The fourth-order valence-corrected chi connectivity index (χ4v) is 6.82. The average molecular weight is 431 g/mol. The van der Waals surface area contributed by atoms with Crippen LogP contribution < -0.4 is 5.32 Å². The molecule has 1 saturated carbocycles. The van der Waals surface area contributed by atoms with Gasteiger partial charge in [-0.05, 0) is 38.2 Å². The first kappa shape index (κ1) is 21.8. The van der Waals surface area contributed by atoms with Crippen LogP contribution in [-0.2, 0) is 19.6 Å². The SMILES string of the molecule is COC1CCCC(C(=O)N[C@H]2CCCN(S(=O)(=O)C3C=CC=C(Cl)C3C)C2)C1. The van der Waals surface area contributed by atoms with E-state index in [-0.39, 0.29) is 29.9 Å². The maximum Gasteiger partial charge on any atom is 0.223 e. The van der Waals surface area contributed by atoms with Crippen LogP contribution >= 0.6 is 11.6 Å². The van der Waals surface area contributed by atoms with Gasteiger partial charge in [-0.25, -0.2) is 8.42 Å². The lowest BCUT2D eigenvalue weighted by Crippen LogP contribution is -2.53. The summed E-state index contributed by atoms with van der Waals surface area (Å²) in [4.78, 5) is 12.7. The highest BCUT2D eigenvalue weighted by atomic mass is 35.5. The lowest BCUT2D eigenvalue weighted by atomic mass is 9.86. The van der Waals surface area contributed by atoms with Crippen LogP contribution in [0.2, 0.25) is 0 Å². The summed E-state index contributed by atoms with van der Waals surface area (Å²) in [5.41, 5.74) is 0. The van der Waals surface area contributed by atoms with Gasteiger partial charge in [-0.2, -0.15) is 4.31 Å². The number of piperidine rings is 1. The van der Waals surface area contributed by atoms with Crippen LogP contribution in [0.4, 0.5) is 0 Å². The summed E-state index contributed by atoms with van der Waals surface area (Å²) in [6.45, 7) is 2.65. The standard InChI is InChI=1S/C20H31ClN2O4S/c1-14-18(21)9-4-10-19(14)28(25,26)23-11-5-7-16(13-23)22-20(24)15-6-3-8-17(12-15)27-2/h4,9-10,14-17,19H,3,5-8,11-13H2,1-2H3,(H,22,24)/t14?,15?,16-,17?,19?/m0/s1. The number of sulfonamides is 1. The molecular formula is C20H31ClN2O4S. The first-order valence-corrected chi connectivity index (χ1v) is 12.1. The van der Waals surface area contributed by atoms with Gasteiger partial charge in [-0.15, -0.1) is 0 Å². The Balaban J connectivity index is 1.61. The maximum absolute atomic E-state index is 13.2. The Labute approximate surface area is 173 Å². The number of ether oxygens (including phenoxy) is 1. The number of halogens is 1. The van der Waals surface area contributed by atoms with Crippen molar-refractivity contribution in [2.45, 2.75) is 62.8 Å². The van der Waals surface area contributed by atoms with E-state index in [0.717, 1.165) is 38.5 Å². The molecule has 0 radical (unpaired) electrons. The summed E-state index contributed by atoms with van der Waals surface area (Å²) in [6.07, 6.45) is 10.5. The maximum atomic E-state index is 13.2. The second-order valence-corrected chi connectivity index (χ2v) is 10.7. The zero-order valence-corrected chi connectivity index (χ0v) is 18.2. The summed E-state index contributed by atoms with van der Waals surface area (Å²) >= 11 is 6.17. The molecule has 0 aromatic heterocycles. The van der Waals surface area contributed by atoms with Crippen molar-refractivity contribution in [3.8, 4) is 0 Å². The fraction of sp³-hybridized carbons (Fsp3) is 0.750. The minimum absolute atomic E-state index is 0.0305. The molecule has 1 amide bonds. The Morgan fingerprint density at radius 1 is 1.29 bits per heavy atom. The van der Waals surface area contributed by atoms with Crippen molar-refractivity contribution in [2.24, 2.45) is 11.8 Å². The van der Waals surface area contributed by atoms with Gasteiger partial charge >= 0.3 is 0 Å². The summed E-state index contributed by atoms with van der Waals surface area (Å²) in [6, 6.07) is -0.146. The van der Waals surface area contributed by atoms with E-state index in [9.17, 15) is 13.2 Å². The number of methoxy groups -OCH3 is 1. The third-order valence-electron chi connectivity index (χ3n) is 6.25. The van der Waals surface area contributed by atoms with Crippen molar-refractivity contribution in [1.82, 2.24) is 9.62 Å². The third-order valence-corrected chi connectivity index (χ3v) is 9.02. The van der Waals surface area contributed by atoms with Gasteiger partial charge in [-0.1, -0.05) is 37.1 Å². The van der Waals surface area contributed by atoms with Crippen molar-refractivity contribution < 1.29 is 17.9 Å². The molecule has 158 valence electrons. The van der Waals surface area contributed by atoms with Crippen molar-refractivity contribution >= 4 is 27.5 Å². The molecule has 0 aromatic rings. The van der Waals surface area contributed by atoms with E-state index in [2.05, 4.69) is 5.32 Å². The molecule has 2 fully saturated rings. The number of nitrogens with zero attached hydrogens (tertiary/aromatic N) is 1. The van der Waals surface area contributed by atoms with E-state index in [1.807, 2.05) is 6.92 Å². The molecule has 1 saturated heterocycles. The molecule has 0 spiro atoms. The Hall–Kier alpha value is -0.890. The molecule has 8 heteroatoms. The van der Waals surface area contributed by atoms with E-state index in [1.165, 1.54) is 4.31 Å². The van der Waals surface area contributed by atoms with Crippen LogP contribution in [-0.4, -0.2) is 56.2 Å². The lowest BCUT2D eigenvalue weighted by molar-refractivity contribution is -0.128. The molecule has 1 heterocycles. The van der Waals surface area contributed by atoms with Crippen LogP contribution in [0.1, 0.15) is 45.4 Å². The third kappa shape index (κ3) is 4.81. The fourth-order valence-electron chi connectivity index (χ4n) is 4.47. The summed E-state index contributed by atoms with van der Waals surface area (Å²) < 4.78 is 33.3. The van der Waals surface area contributed by atoms with Gasteiger partial charge in [-0.3, -0.25) is 4.79 Å². The number of rotatable bonds is 5. The second-order valence-electron chi connectivity index (χ2n) is 8.16. The number of carbonyl (C=O) groups is 1. The van der Waals surface area contributed by atoms with Crippen LogP contribution in [0.15, 0.2) is 23.3 Å². The Morgan fingerprint density at radius 2 is 2.07 bits per heavy atom. The molecule has 2 aliphatic carbocycles. The molecule has 3 aliphatic rings.